The molecule has 5 rings (SSSR count). The van der Waals surface area contributed by atoms with Crippen molar-refractivity contribution >= 4 is 49.8 Å². The Labute approximate surface area is 244 Å². The molecular weight excluding hydrogens is 562 g/mol. The van der Waals surface area contributed by atoms with Gasteiger partial charge >= 0.3 is 0 Å². The van der Waals surface area contributed by atoms with Crippen molar-refractivity contribution in [1.82, 2.24) is 9.88 Å². The molecule has 1 aliphatic heterocycles. The average molecular weight is 594 g/mol. The first-order valence-corrected chi connectivity index (χ1v) is 15.5. The van der Waals surface area contributed by atoms with Gasteiger partial charge in [0.25, 0.3) is 5.91 Å². The fourth-order valence-electron chi connectivity index (χ4n) is 5.32. The van der Waals surface area contributed by atoms with Crippen molar-refractivity contribution in [2.24, 2.45) is 5.18 Å². The van der Waals surface area contributed by atoms with Crippen LogP contribution in [0.15, 0.2) is 78.1 Å². The van der Waals surface area contributed by atoms with E-state index in [-0.39, 0.29) is 12.3 Å². The van der Waals surface area contributed by atoms with E-state index in [1.807, 2.05) is 54.1 Å². The monoisotopic (exact) mass is 593 g/mol. The minimum atomic E-state index is -3.54. The van der Waals surface area contributed by atoms with Gasteiger partial charge in [0.15, 0.2) is 0 Å². The van der Waals surface area contributed by atoms with E-state index in [1.165, 1.54) is 11.4 Å². The molecule has 1 aromatic heterocycles. The Hall–Kier alpha value is -3.89. The third-order valence-electron chi connectivity index (χ3n) is 7.58. The highest BCUT2D eigenvalue weighted by Gasteiger charge is 2.30. The highest BCUT2D eigenvalue weighted by Crippen LogP contribution is 2.37. The number of anilines is 2. The molecule has 2 atom stereocenters. The summed E-state index contributed by atoms with van der Waals surface area (Å²) in [6, 6.07) is 18.7. The molecule has 0 aliphatic carbocycles. The Bertz CT molecular complexity index is 1690. The molecule has 0 saturated heterocycles. The maximum atomic E-state index is 13.8. The Morgan fingerprint density at radius 1 is 1.10 bits per heavy atom. The van der Waals surface area contributed by atoms with Crippen molar-refractivity contribution < 1.29 is 13.2 Å². The number of rotatable bonds is 10. The van der Waals surface area contributed by atoms with Crippen LogP contribution in [0.25, 0.3) is 10.9 Å². The van der Waals surface area contributed by atoms with Gasteiger partial charge in [-0.25, -0.2) is 8.42 Å². The van der Waals surface area contributed by atoms with E-state index in [2.05, 4.69) is 15.8 Å². The maximum absolute atomic E-state index is 13.8. The minimum absolute atomic E-state index is 0.00595. The summed E-state index contributed by atoms with van der Waals surface area (Å²) in [4.78, 5) is 25.9. The van der Waals surface area contributed by atoms with Crippen LogP contribution in [0.3, 0.4) is 0 Å². The third-order valence-corrected chi connectivity index (χ3v) is 9.57. The zero-order chi connectivity index (χ0) is 29.1. The molecule has 2 N–H and O–H groups in total. The number of nitrogens with one attached hydrogen (secondary N) is 2. The van der Waals surface area contributed by atoms with E-state index in [9.17, 15) is 18.1 Å². The number of nitrogens with zero attached hydrogens (tertiary/aromatic N) is 3. The number of carbonyl (C=O) groups excluding carboxylic acids is 1. The highest BCUT2D eigenvalue weighted by atomic mass is 35.5. The van der Waals surface area contributed by atoms with Crippen molar-refractivity contribution in [3.63, 3.8) is 0 Å². The number of nitroso groups, excluding NO2 is 1. The fraction of sp³-hybridized carbons (Fsp3) is 0.300. The second-order valence-corrected chi connectivity index (χ2v) is 12.8. The van der Waals surface area contributed by atoms with Crippen molar-refractivity contribution in [2.45, 2.75) is 38.4 Å². The summed E-state index contributed by atoms with van der Waals surface area (Å²) in [6.45, 7) is 2.85. The van der Waals surface area contributed by atoms with E-state index in [0.29, 0.717) is 35.7 Å². The molecule has 0 spiro atoms. The first kappa shape index (κ1) is 28.6. The molecule has 2 heterocycles. The Kier molecular flexibility index (Phi) is 8.32. The molecule has 0 fully saturated rings. The number of hydrogen-bond acceptors (Lipinski definition) is 6. The number of aryl methyl sites for hydroxylation is 2. The number of aromatic nitrogens is 1. The summed E-state index contributed by atoms with van der Waals surface area (Å²) >= 11 is 6.11. The summed E-state index contributed by atoms with van der Waals surface area (Å²) in [5.74, 6) is -0.422. The molecular formula is C30H32ClN5O4S. The summed E-state index contributed by atoms with van der Waals surface area (Å²) in [5.41, 5.74) is 4.18. The molecule has 1 aliphatic rings. The predicted molar refractivity (Wildman–Crippen MR) is 164 cm³/mol. The lowest BCUT2D eigenvalue weighted by molar-refractivity contribution is 0.0931. The molecule has 0 saturated carbocycles. The van der Waals surface area contributed by atoms with Gasteiger partial charge in [-0.15, -0.1) is 0 Å². The average Bonchev–Trinajstić information content (AvgIpc) is 3.29. The Balaban J connectivity index is 1.48. The van der Waals surface area contributed by atoms with E-state index < -0.39 is 28.0 Å². The number of hydrogen-bond donors (Lipinski definition) is 2. The van der Waals surface area contributed by atoms with Crippen LogP contribution >= 0.6 is 11.6 Å². The number of benzene rings is 3. The summed E-state index contributed by atoms with van der Waals surface area (Å²) in [7, 11) is -2.02. The van der Waals surface area contributed by atoms with Crippen LogP contribution in [-0.4, -0.2) is 50.3 Å². The van der Waals surface area contributed by atoms with Crippen LogP contribution in [0.1, 0.15) is 28.4 Å². The molecule has 41 heavy (non-hydrogen) atoms. The lowest BCUT2D eigenvalue weighted by atomic mass is 9.98. The molecule has 11 heteroatoms. The van der Waals surface area contributed by atoms with E-state index >= 15 is 0 Å². The fourth-order valence-corrected chi connectivity index (χ4v) is 6.71. The Morgan fingerprint density at radius 3 is 2.59 bits per heavy atom. The van der Waals surface area contributed by atoms with Gasteiger partial charge in [0, 0.05) is 48.0 Å². The van der Waals surface area contributed by atoms with Crippen LogP contribution in [0, 0.1) is 4.91 Å². The molecule has 1 amide bonds. The Morgan fingerprint density at radius 2 is 1.88 bits per heavy atom. The predicted octanol–water partition coefficient (Wildman–Crippen LogP) is 5.22. The van der Waals surface area contributed by atoms with Crippen LogP contribution in [0.4, 0.5) is 11.4 Å². The second kappa shape index (κ2) is 11.9. The standard InChI is InChI=1S/C30H32ClN5O4S/c1-3-36-19-21-12-13-41(39,40)35(2)27-15-22(16-28(36)29(21)27)30(37)33-25(14-20-8-5-4-6-9-20)26(34-38)18-32-24-11-7-10-23(31)17-24/h4-11,15-17,19,25-26,32H,3,12-14,18H2,1-2H3,(H,33,37)/t25?,26-/m1/s1. The van der Waals surface area contributed by atoms with Crippen molar-refractivity contribution in [1.29, 1.82) is 0 Å². The second-order valence-electron chi connectivity index (χ2n) is 10.2. The zero-order valence-electron chi connectivity index (χ0n) is 22.9. The highest BCUT2D eigenvalue weighted by molar-refractivity contribution is 7.92. The summed E-state index contributed by atoms with van der Waals surface area (Å²) in [5, 5.41) is 11.0. The SMILES string of the molecule is CCn1cc2c3c(cc(C(=O)NC(Cc4ccccc4)[C@@H](CNc4cccc(Cl)c4)N=O)cc31)N(C)S(=O)(=O)CC2. The van der Waals surface area contributed by atoms with Gasteiger partial charge in [-0.1, -0.05) is 53.2 Å². The lowest BCUT2D eigenvalue weighted by Gasteiger charge is -2.25. The molecule has 0 bridgehead atoms. The van der Waals surface area contributed by atoms with Gasteiger partial charge in [-0.3, -0.25) is 9.10 Å². The van der Waals surface area contributed by atoms with Gasteiger partial charge in [0.1, 0.15) is 6.04 Å². The van der Waals surface area contributed by atoms with Crippen LogP contribution < -0.4 is 14.9 Å². The smallest absolute Gasteiger partial charge is 0.251 e. The quantitative estimate of drug-likeness (QED) is 0.245. The van der Waals surface area contributed by atoms with E-state index in [4.69, 9.17) is 11.6 Å². The molecule has 0 radical (unpaired) electrons. The molecule has 214 valence electrons. The third kappa shape index (κ3) is 6.08. The topological polar surface area (TPSA) is 113 Å². The largest absolute Gasteiger partial charge is 0.383 e. The van der Waals surface area contributed by atoms with Gasteiger partial charge in [0.2, 0.25) is 10.0 Å². The van der Waals surface area contributed by atoms with Gasteiger partial charge < -0.3 is 15.2 Å². The number of halogens is 1. The normalized spacial score (nSPS) is 15.6. The van der Waals surface area contributed by atoms with Gasteiger partial charge in [-0.2, -0.15) is 4.91 Å². The lowest BCUT2D eigenvalue weighted by Crippen LogP contribution is -2.46. The van der Waals surface area contributed by atoms with Crippen molar-refractivity contribution in [3.05, 3.63) is 99.5 Å². The van der Waals surface area contributed by atoms with Crippen LogP contribution in [0.2, 0.25) is 5.02 Å². The first-order valence-electron chi connectivity index (χ1n) is 13.5. The van der Waals surface area contributed by atoms with Gasteiger partial charge in [0.05, 0.1) is 23.0 Å². The zero-order valence-corrected chi connectivity index (χ0v) is 24.5. The van der Waals surface area contributed by atoms with E-state index in [0.717, 1.165) is 27.7 Å². The molecule has 9 nitrogen and oxygen atoms in total. The summed E-state index contributed by atoms with van der Waals surface area (Å²) < 4.78 is 29.1. The molecule has 4 aromatic rings. The first-order chi connectivity index (χ1) is 19.7. The van der Waals surface area contributed by atoms with E-state index in [1.54, 1.807) is 30.3 Å². The number of sulfonamides is 1. The summed E-state index contributed by atoms with van der Waals surface area (Å²) in [6.07, 6.45) is 2.75. The van der Waals surface area contributed by atoms with Crippen LogP contribution in [0.5, 0.6) is 0 Å². The maximum Gasteiger partial charge on any atom is 0.251 e. The van der Waals surface area contributed by atoms with Gasteiger partial charge in [-0.05, 0) is 61.2 Å². The minimum Gasteiger partial charge on any atom is -0.383 e. The molecule has 3 aromatic carbocycles. The van der Waals surface area contributed by atoms with Crippen molar-refractivity contribution in [2.75, 3.05) is 29.0 Å². The number of carbonyl (C=O) groups is 1. The molecule has 1 unspecified atom stereocenters. The number of amides is 1. The van der Waals surface area contributed by atoms with Crippen molar-refractivity contribution in [3.8, 4) is 0 Å². The van der Waals surface area contributed by atoms with Crippen LogP contribution in [-0.2, 0) is 29.4 Å².